The van der Waals surface area contributed by atoms with Gasteiger partial charge in [-0.1, -0.05) is 39.8 Å². The maximum atomic E-state index is 12.2. The fourth-order valence-electron chi connectivity index (χ4n) is 2.07. The van der Waals surface area contributed by atoms with Crippen LogP contribution in [0, 0.1) is 5.41 Å². The van der Waals surface area contributed by atoms with Crippen molar-refractivity contribution in [1.82, 2.24) is 15.6 Å². The number of hydrogen-bond donors (Lipinski definition) is 2. The number of carbonyl (C=O) groups excluding carboxylic acids is 2. The second-order valence-electron chi connectivity index (χ2n) is 7.11. The maximum Gasteiger partial charge on any atom is 0.242 e. The van der Waals surface area contributed by atoms with Gasteiger partial charge in [0.1, 0.15) is 6.04 Å². The van der Waals surface area contributed by atoms with Gasteiger partial charge in [0.05, 0.1) is 15.2 Å². The van der Waals surface area contributed by atoms with Crippen LogP contribution >= 0.6 is 11.3 Å². The highest BCUT2D eigenvalue weighted by Gasteiger charge is 2.25. The number of fused-ring (bicyclic) bond motifs is 1. The number of hydrogen-bond acceptors (Lipinski definition) is 4. The third kappa shape index (κ3) is 4.54. The van der Waals surface area contributed by atoms with Crippen molar-refractivity contribution in [3.05, 3.63) is 29.3 Å². The van der Waals surface area contributed by atoms with Crippen LogP contribution in [-0.2, 0) is 9.59 Å². The Morgan fingerprint density at radius 2 is 1.88 bits per heavy atom. The van der Waals surface area contributed by atoms with E-state index in [9.17, 15) is 9.59 Å². The van der Waals surface area contributed by atoms with Crippen LogP contribution in [0.2, 0.25) is 0 Å². The summed E-state index contributed by atoms with van der Waals surface area (Å²) in [4.78, 5) is 28.7. The molecule has 1 heterocycles. The molecule has 0 spiro atoms. The first-order valence-electron chi connectivity index (χ1n) is 8.12. The van der Waals surface area contributed by atoms with Crippen molar-refractivity contribution >= 4 is 33.4 Å². The molecular formula is C18H25N3O2S. The molecule has 2 N–H and O–H groups in total. The Kier molecular flexibility index (Phi) is 5.59. The number of aromatic nitrogens is 1. The molecule has 2 amide bonds. The van der Waals surface area contributed by atoms with Crippen LogP contribution in [0.25, 0.3) is 10.2 Å². The number of thiazole rings is 1. The smallest absolute Gasteiger partial charge is 0.242 e. The van der Waals surface area contributed by atoms with Gasteiger partial charge in [-0.05, 0) is 19.1 Å². The summed E-state index contributed by atoms with van der Waals surface area (Å²) in [6.07, 6.45) is 0. The summed E-state index contributed by atoms with van der Waals surface area (Å²) in [7, 11) is 0. The van der Waals surface area contributed by atoms with Crippen LogP contribution in [0.1, 0.15) is 45.5 Å². The van der Waals surface area contributed by atoms with Gasteiger partial charge in [-0.25, -0.2) is 4.98 Å². The van der Waals surface area contributed by atoms with Crippen LogP contribution in [0.3, 0.4) is 0 Å². The first-order chi connectivity index (χ1) is 11.2. The Bertz CT molecular complexity index is 700. The lowest BCUT2D eigenvalue weighted by Gasteiger charge is -2.21. The molecule has 0 fully saturated rings. The summed E-state index contributed by atoms with van der Waals surface area (Å²) in [6.45, 7) is 9.69. The molecule has 24 heavy (non-hydrogen) atoms. The van der Waals surface area contributed by atoms with E-state index < -0.39 is 11.5 Å². The highest BCUT2D eigenvalue weighted by Crippen LogP contribution is 2.26. The molecule has 1 aromatic carbocycles. The minimum Gasteiger partial charge on any atom is -0.354 e. The summed E-state index contributed by atoms with van der Waals surface area (Å²) in [5.41, 5.74) is 0.476. The van der Waals surface area contributed by atoms with E-state index in [2.05, 4.69) is 15.6 Å². The van der Waals surface area contributed by atoms with E-state index in [0.29, 0.717) is 6.54 Å². The Hall–Kier alpha value is -1.95. The predicted octanol–water partition coefficient (Wildman–Crippen LogP) is 3.07. The largest absolute Gasteiger partial charge is 0.354 e. The van der Waals surface area contributed by atoms with Crippen molar-refractivity contribution in [2.24, 2.45) is 5.41 Å². The minimum atomic E-state index is -0.556. The Morgan fingerprint density at radius 1 is 1.21 bits per heavy atom. The van der Waals surface area contributed by atoms with Crippen molar-refractivity contribution in [3.63, 3.8) is 0 Å². The third-order valence-corrected chi connectivity index (χ3v) is 5.00. The van der Waals surface area contributed by atoms with Gasteiger partial charge in [-0.15, -0.1) is 11.3 Å². The van der Waals surface area contributed by atoms with E-state index in [-0.39, 0.29) is 17.7 Å². The van der Waals surface area contributed by atoms with Crippen LogP contribution in [-0.4, -0.2) is 29.4 Å². The zero-order chi connectivity index (χ0) is 17.9. The second kappa shape index (κ2) is 7.30. The fraction of sp³-hybridized carbons (Fsp3) is 0.500. The molecule has 0 radical (unpaired) electrons. The van der Waals surface area contributed by atoms with E-state index in [1.165, 1.54) is 0 Å². The van der Waals surface area contributed by atoms with E-state index in [4.69, 9.17) is 0 Å². The van der Waals surface area contributed by atoms with Gasteiger partial charge >= 0.3 is 0 Å². The molecule has 0 aliphatic heterocycles. The minimum absolute atomic E-state index is 0.122. The number of para-hydroxylation sites is 1. The van der Waals surface area contributed by atoms with Gasteiger partial charge in [0.15, 0.2) is 0 Å². The quantitative estimate of drug-likeness (QED) is 0.873. The maximum absolute atomic E-state index is 12.2. The SMILES string of the molecule is CC(NC(=O)C(C)(C)C)C(=O)NCC(C)c1nc2ccccc2s1. The number of nitrogens with zero attached hydrogens (tertiary/aromatic N) is 1. The molecule has 1 aromatic heterocycles. The summed E-state index contributed by atoms with van der Waals surface area (Å²) in [5, 5.41) is 6.64. The fourth-order valence-corrected chi connectivity index (χ4v) is 3.09. The lowest BCUT2D eigenvalue weighted by atomic mass is 9.95. The highest BCUT2D eigenvalue weighted by atomic mass is 32.1. The van der Waals surface area contributed by atoms with Crippen LogP contribution in [0.15, 0.2) is 24.3 Å². The van der Waals surface area contributed by atoms with Crippen LogP contribution in [0.4, 0.5) is 0 Å². The molecular weight excluding hydrogens is 322 g/mol. The third-order valence-electron chi connectivity index (χ3n) is 3.74. The Labute approximate surface area is 146 Å². The molecule has 2 aromatic rings. The average Bonchev–Trinajstić information content (AvgIpc) is 2.95. The molecule has 130 valence electrons. The molecule has 2 atom stereocenters. The van der Waals surface area contributed by atoms with Gasteiger partial charge in [-0.2, -0.15) is 0 Å². The lowest BCUT2D eigenvalue weighted by molar-refractivity contribution is -0.133. The molecule has 0 bridgehead atoms. The van der Waals surface area contributed by atoms with Crippen molar-refractivity contribution < 1.29 is 9.59 Å². The van der Waals surface area contributed by atoms with Crippen LogP contribution in [0.5, 0.6) is 0 Å². The lowest BCUT2D eigenvalue weighted by Crippen LogP contribution is -2.48. The van der Waals surface area contributed by atoms with E-state index in [1.807, 2.05) is 52.0 Å². The molecule has 0 saturated heterocycles. The average molecular weight is 347 g/mol. The number of amides is 2. The molecule has 0 aliphatic rings. The Morgan fingerprint density at radius 3 is 2.50 bits per heavy atom. The molecule has 5 nitrogen and oxygen atoms in total. The normalized spacial score (nSPS) is 14.2. The molecule has 2 unspecified atom stereocenters. The van der Waals surface area contributed by atoms with Crippen molar-refractivity contribution in [2.75, 3.05) is 6.54 Å². The number of nitrogens with one attached hydrogen (secondary N) is 2. The Balaban J connectivity index is 1.89. The van der Waals surface area contributed by atoms with E-state index in [0.717, 1.165) is 15.2 Å². The van der Waals surface area contributed by atoms with Crippen molar-refractivity contribution in [1.29, 1.82) is 0 Å². The van der Waals surface area contributed by atoms with Gasteiger partial charge in [-0.3, -0.25) is 9.59 Å². The van der Waals surface area contributed by atoms with Crippen molar-refractivity contribution in [3.8, 4) is 0 Å². The van der Waals surface area contributed by atoms with Gasteiger partial charge in [0.25, 0.3) is 0 Å². The summed E-state index contributed by atoms with van der Waals surface area (Å²) in [5.74, 6) is -0.193. The second-order valence-corrected chi connectivity index (χ2v) is 8.17. The van der Waals surface area contributed by atoms with E-state index >= 15 is 0 Å². The number of carbonyl (C=O) groups is 2. The standard InChI is InChI=1S/C18H25N3O2S/c1-11(16-21-13-8-6-7-9-14(13)24-16)10-19-15(22)12(2)20-17(23)18(3,4)5/h6-9,11-12H,10H2,1-5H3,(H,19,22)(H,20,23). The summed E-state index contributed by atoms with van der Waals surface area (Å²) >= 11 is 1.65. The van der Waals surface area contributed by atoms with Gasteiger partial charge < -0.3 is 10.6 Å². The molecule has 2 rings (SSSR count). The topological polar surface area (TPSA) is 71.1 Å². The first-order valence-corrected chi connectivity index (χ1v) is 8.94. The summed E-state index contributed by atoms with van der Waals surface area (Å²) in [6, 6.07) is 7.45. The number of benzene rings is 1. The zero-order valence-corrected chi connectivity index (χ0v) is 15.7. The molecule has 0 aliphatic carbocycles. The van der Waals surface area contributed by atoms with Gasteiger partial charge in [0, 0.05) is 17.9 Å². The molecule has 0 saturated carbocycles. The highest BCUT2D eigenvalue weighted by molar-refractivity contribution is 7.18. The molecule has 6 heteroatoms. The van der Waals surface area contributed by atoms with E-state index in [1.54, 1.807) is 18.3 Å². The monoisotopic (exact) mass is 347 g/mol. The van der Waals surface area contributed by atoms with Crippen molar-refractivity contribution in [2.45, 2.75) is 46.6 Å². The summed E-state index contributed by atoms with van der Waals surface area (Å²) < 4.78 is 1.15. The first kappa shape index (κ1) is 18.4. The predicted molar refractivity (Wildman–Crippen MR) is 98.1 cm³/mol. The van der Waals surface area contributed by atoms with Crippen LogP contribution < -0.4 is 10.6 Å². The number of rotatable bonds is 5. The van der Waals surface area contributed by atoms with Gasteiger partial charge in [0.2, 0.25) is 11.8 Å². The zero-order valence-electron chi connectivity index (χ0n) is 14.8.